The van der Waals surface area contributed by atoms with Crippen molar-refractivity contribution in [2.45, 2.75) is 12.8 Å². The molecular formula is C18H20N2O3S. The Morgan fingerprint density at radius 2 is 1.75 bits per heavy atom. The van der Waals surface area contributed by atoms with Crippen LogP contribution in [-0.4, -0.2) is 33.2 Å². The molecule has 0 radical (unpaired) electrons. The van der Waals surface area contributed by atoms with Crippen molar-refractivity contribution in [2.75, 3.05) is 23.1 Å². The first-order chi connectivity index (χ1) is 11.6. The second kappa shape index (κ2) is 7.05. The third-order valence-electron chi connectivity index (χ3n) is 4.06. The van der Waals surface area contributed by atoms with Gasteiger partial charge in [-0.25, -0.2) is 8.42 Å². The van der Waals surface area contributed by atoms with Crippen molar-refractivity contribution in [2.24, 2.45) is 0 Å². The van der Waals surface area contributed by atoms with Gasteiger partial charge in [-0.2, -0.15) is 0 Å². The van der Waals surface area contributed by atoms with Gasteiger partial charge in [0.25, 0.3) is 5.91 Å². The van der Waals surface area contributed by atoms with E-state index in [0.717, 1.165) is 6.42 Å². The molecule has 1 aliphatic heterocycles. The monoisotopic (exact) mass is 344 g/mol. The van der Waals surface area contributed by atoms with Crippen molar-refractivity contribution in [1.29, 1.82) is 0 Å². The number of hydrogen-bond donors (Lipinski definition) is 1. The third-order valence-corrected chi connectivity index (χ3v) is 5.93. The fraction of sp³-hybridized carbons (Fsp3) is 0.278. The molecule has 3 rings (SSSR count). The van der Waals surface area contributed by atoms with E-state index in [0.29, 0.717) is 30.8 Å². The average Bonchev–Trinajstić information content (AvgIpc) is 2.95. The Morgan fingerprint density at radius 3 is 2.38 bits per heavy atom. The molecule has 0 bridgehead atoms. The van der Waals surface area contributed by atoms with Crippen LogP contribution in [0.3, 0.4) is 0 Å². The minimum atomic E-state index is -3.19. The predicted octanol–water partition coefficient (Wildman–Crippen LogP) is 2.20. The van der Waals surface area contributed by atoms with Crippen LogP contribution in [0.15, 0.2) is 54.6 Å². The molecule has 5 nitrogen and oxygen atoms in total. The summed E-state index contributed by atoms with van der Waals surface area (Å²) < 4.78 is 25.2. The summed E-state index contributed by atoms with van der Waals surface area (Å²) in [7, 11) is -3.19. The van der Waals surface area contributed by atoms with E-state index in [1.165, 1.54) is 9.87 Å². The van der Waals surface area contributed by atoms with Gasteiger partial charge in [0, 0.05) is 18.7 Å². The summed E-state index contributed by atoms with van der Waals surface area (Å²) in [5, 5.41) is 2.88. The maximum Gasteiger partial charge on any atom is 0.251 e. The SMILES string of the molecule is O=C(NCCc1ccccc1)c1ccc(N2CCCS2(=O)=O)cc1. The van der Waals surface area contributed by atoms with Crippen molar-refractivity contribution in [1.82, 2.24) is 5.32 Å². The molecule has 0 aromatic heterocycles. The molecule has 1 N–H and O–H groups in total. The van der Waals surface area contributed by atoms with E-state index in [1.54, 1.807) is 24.3 Å². The van der Waals surface area contributed by atoms with Crippen LogP contribution in [0.1, 0.15) is 22.3 Å². The van der Waals surface area contributed by atoms with Gasteiger partial charge in [-0.3, -0.25) is 9.10 Å². The van der Waals surface area contributed by atoms with Gasteiger partial charge < -0.3 is 5.32 Å². The second-order valence-corrected chi connectivity index (χ2v) is 7.79. The molecule has 0 spiro atoms. The lowest BCUT2D eigenvalue weighted by atomic mass is 10.1. The van der Waals surface area contributed by atoms with Gasteiger partial charge in [-0.05, 0) is 42.7 Å². The van der Waals surface area contributed by atoms with Crippen LogP contribution in [0.2, 0.25) is 0 Å². The molecule has 1 saturated heterocycles. The molecule has 0 aliphatic carbocycles. The van der Waals surface area contributed by atoms with Crippen molar-refractivity contribution in [3.8, 4) is 0 Å². The van der Waals surface area contributed by atoms with Gasteiger partial charge in [0.2, 0.25) is 10.0 Å². The highest BCUT2D eigenvalue weighted by Crippen LogP contribution is 2.24. The molecule has 1 aliphatic rings. The third kappa shape index (κ3) is 3.76. The highest BCUT2D eigenvalue weighted by molar-refractivity contribution is 7.93. The number of carbonyl (C=O) groups excluding carboxylic acids is 1. The van der Waals surface area contributed by atoms with Gasteiger partial charge in [-0.1, -0.05) is 30.3 Å². The molecule has 24 heavy (non-hydrogen) atoms. The van der Waals surface area contributed by atoms with E-state index in [1.807, 2.05) is 30.3 Å². The zero-order valence-electron chi connectivity index (χ0n) is 13.3. The van der Waals surface area contributed by atoms with Crippen LogP contribution >= 0.6 is 0 Å². The van der Waals surface area contributed by atoms with Crippen LogP contribution in [0, 0.1) is 0 Å². The zero-order chi connectivity index (χ0) is 17.0. The number of rotatable bonds is 5. The fourth-order valence-corrected chi connectivity index (χ4v) is 4.34. The smallest absolute Gasteiger partial charge is 0.251 e. The summed E-state index contributed by atoms with van der Waals surface area (Å²) in [5.74, 6) is 0.0381. The lowest BCUT2D eigenvalue weighted by molar-refractivity contribution is 0.0954. The molecule has 1 amide bonds. The molecule has 126 valence electrons. The van der Waals surface area contributed by atoms with E-state index in [2.05, 4.69) is 5.32 Å². The largest absolute Gasteiger partial charge is 0.352 e. The average molecular weight is 344 g/mol. The van der Waals surface area contributed by atoms with E-state index in [4.69, 9.17) is 0 Å². The maximum absolute atomic E-state index is 12.2. The van der Waals surface area contributed by atoms with Gasteiger partial charge >= 0.3 is 0 Å². The summed E-state index contributed by atoms with van der Waals surface area (Å²) in [5.41, 5.74) is 2.32. The van der Waals surface area contributed by atoms with Crippen LogP contribution in [0.4, 0.5) is 5.69 Å². The minimum Gasteiger partial charge on any atom is -0.352 e. The molecule has 2 aromatic carbocycles. The van der Waals surface area contributed by atoms with Crippen molar-refractivity contribution >= 4 is 21.6 Å². The highest BCUT2D eigenvalue weighted by Gasteiger charge is 2.28. The van der Waals surface area contributed by atoms with Crippen molar-refractivity contribution in [3.05, 3.63) is 65.7 Å². The van der Waals surface area contributed by atoms with Crippen LogP contribution in [-0.2, 0) is 16.4 Å². The lowest BCUT2D eigenvalue weighted by Gasteiger charge is -2.17. The van der Waals surface area contributed by atoms with E-state index >= 15 is 0 Å². The number of nitrogens with one attached hydrogen (secondary N) is 1. The molecule has 0 unspecified atom stereocenters. The normalized spacial score (nSPS) is 16.1. The Labute approximate surface area is 142 Å². The summed E-state index contributed by atoms with van der Waals surface area (Å²) in [6, 6.07) is 16.7. The fourth-order valence-electron chi connectivity index (χ4n) is 2.78. The first-order valence-corrected chi connectivity index (χ1v) is 9.60. The Kier molecular flexibility index (Phi) is 4.85. The van der Waals surface area contributed by atoms with Crippen molar-refractivity contribution < 1.29 is 13.2 Å². The van der Waals surface area contributed by atoms with Gasteiger partial charge in [0.1, 0.15) is 0 Å². The van der Waals surface area contributed by atoms with E-state index in [9.17, 15) is 13.2 Å². The zero-order valence-corrected chi connectivity index (χ0v) is 14.1. The van der Waals surface area contributed by atoms with Crippen LogP contribution < -0.4 is 9.62 Å². The van der Waals surface area contributed by atoms with E-state index < -0.39 is 10.0 Å². The molecule has 1 heterocycles. The van der Waals surface area contributed by atoms with E-state index in [-0.39, 0.29) is 11.7 Å². The van der Waals surface area contributed by atoms with Gasteiger partial charge in [-0.15, -0.1) is 0 Å². The van der Waals surface area contributed by atoms with Gasteiger partial charge in [0.15, 0.2) is 0 Å². The summed E-state index contributed by atoms with van der Waals surface area (Å²) in [4.78, 5) is 12.2. The molecule has 2 aromatic rings. The Hall–Kier alpha value is -2.34. The van der Waals surface area contributed by atoms with Crippen molar-refractivity contribution in [3.63, 3.8) is 0 Å². The number of benzene rings is 2. The number of sulfonamides is 1. The quantitative estimate of drug-likeness (QED) is 0.904. The maximum atomic E-state index is 12.2. The Bertz CT molecular complexity index is 802. The number of amides is 1. The number of nitrogens with zero attached hydrogens (tertiary/aromatic N) is 1. The number of hydrogen-bond acceptors (Lipinski definition) is 3. The Morgan fingerprint density at radius 1 is 1.04 bits per heavy atom. The molecule has 6 heteroatoms. The second-order valence-electron chi connectivity index (χ2n) is 5.78. The number of carbonyl (C=O) groups is 1. The first-order valence-electron chi connectivity index (χ1n) is 7.99. The summed E-state index contributed by atoms with van der Waals surface area (Å²) >= 11 is 0. The molecule has 0 atom stereocenters. The Balaban J connectivity index is 1.58. The van der Waals surface area contributed by atoms with Crippen LogP contribution in [0.25, 0.3) is 0 Å². The number of anilines is 1. The highest BCUT2D eigenvalue weighted by atomic mass is 32.2. The predicted molar refractivity (Wildman–Crippen MR) is 94.7 cm³/mol. The standard InChI is InChI=1S/C18H20N2O3S/c21-18(19-12-11-15-5-2-1-3-6-15)16-7-9-17(10-8-16)20-13-4-14-24(20,22)23/h1-3,5-10H,4,11-14H2,(H,19,21). The molecular weight excluding hydrogens is 324 g/mol. The lowest BCUT2D eigenvalue weighted by Crippen LogP contribution is -2.26. The molecule has 1 fully saturated rings. The topological polar surface area (TPSA) is 66.5 Å². The van der Waals surface area contributed by atoms with Gasteiger partial charge in [0.05, 0.1) is 11.4 Å². The summed E-state index contributed by atoms with van der Waals surface area (Å²) in [6.45, 7) is 1.07. The minimum absolute atomic E-state index is 0.151. The van der Waals surface area contributed by atoms with Crippen LogP contribution in [0.5, 0.6) is 0 Å². The first kappa shape index (κ1) is 16.5. The molecule has 0 saturated carbocycles. The summed E-state index contributed by atoms with van der Waals surface area (Å²) in [6.07, 6.45) is 1.42.